The molecule has 11 aromatic rings. The Labute approximate surface area is 414 Å². The van der Waals surface area contributed by atoms with Crippen molar-refractivity contribution in [3.8, 4) is 74.1 Å². The summed E-state index contributed by atoms with van der Waals surface area (Å²) in [5, 5.41) is 33.9. The zero-order chi connectivity index (χ0) is 49.8. The average molecular weight is 916 g/mol. The molecule has 0 amide bonds. The van der Waals surface area contributed by atoms with Gasteiger partial charge in [-0.15, -0.1) is 0 Å². The van der Waals surface area contributed by atoms with Crippen LogP contribution in [0, 0.1) is 74.1 Å². The number of aryl methyl sites for hydroxylation is 2. The van der Waals surface area contributed by atoms with Gasteiger partial charge in [0.15, 0.2) is 22.7 Å². The second-order valence-electron chi connectivity index (χ2n) is 17.5. The van der Waals surface area contributed by atoms with Gasteiger partial charge < -0.3 is 9.13 Å². The summed E-state index contributed by atoms with van der Waals surface area (Å²) in [4.78, 5) is 15.3. The molecule has 0 bridgehead atoms. The SMILES string of the molecule is [C-]#[N+]c1cc(C#N)c(-c2ccc3c(c2)c2ccccc2n3-c2cccc([N+]#[C-])c2-c2cc(-c3ccc(C)cc3C)ccc2-n2c3ccccc3c3cc(-c4c(C#N)cc(C#N)cc4[N+]#[C-])ccc32)c([N+]#[C-])c1. The maximum Gasteiger partial charge on any atom is 0.197 e. The minimum atomic E-state index is 0.220. The first-order chi connectivity index (χ1) is 35.2. The molecule has 2 aromatic heterocycles. The molecule has 0 spiro atoms. The van der Waals surface area contributed by atoms with Crippen molar-refractivity contribution < 1.29 is 0 Å². The highest BCUT2D eigenvalue weighted by atomic mass is 15.0. The number of nitrogens with zero attached hydrogens (tertiary/aromatic N) is 9. The van der Waals surface area contributed by atoms with Crippen LogP contribution in [0.15, 0.2) is 164 Å². The number of benzene rings is 9. The molecule has 0 radical (unpaired) electrons. The van der Waals surface area contributed by atoms with E-state index >= 15 is 0 Å². The molecule has 0 unspecified atom stereocenters. The van der Waals surface area contributed by atoms with Crippen LogP contribution >= 0.6 is 0 Å². The molecule has 0 N–H and O–H groups in total. The zero-order valence-corrected chi connectivity index (χ0v) is 38.6. The number of rotatable bonds is 6. The van der Waals surface area contributed by atoms with Crippen molar-refractivity contribution in [2.45, 2.75) is 13.8 Å². The Morgan fingerprint density at radius 3 is 1.56 bits per heavy atom. The molecule has 0 aliphatic rings. The van der Waals surface area contributed by atoms with Gasteiger partial charge >= 0.3 is 0 Å². The van der Waals surface area contributed by atoms with Crippen LogP contribution in [-0.4, -0.2) is 9.13 Å². The van der Waals surface area contributed by atoms with Crippen LogP contribution in [0.25, 0.3) is 119 Å². The van der Waals surface area contributed by atoms with E-state index in [2.05, 4.69) is 121 Å². The fourth-order valence-corrected chi connectivity index (χ4v) is 10.4. The molecule has 11 rings (SSSR count). The Bertz CT molecular complexity index is 4440. The summed E-state index contributed by atoms with van der Waals surface area (Å²) in [6.45, 7) is 36.6. The monoisotopic (exact) mass is 915 g/mol. The van der Waals surface area contributed by atoms with E-state index in [0.717, 1.165) is 82.8 Å². The number of hydrogen-bond donors (Lipinski definition) is 0. The first-order valence-electron chi connectivity index (χ1n) is 22.7. The van der Waals surface area contributed by atoms with Gasteiger partial charge in [0, 0.05) is 55.0 Å². The van der Waals surface area contributed by atoms with Crippen molar-refractivity contribution in [1.29, 1.82) is 15.8 Å². The second kappa shape index (κ2) is 17.3. The molecule has 0 saturated heterocycles. The molecule has 2 heterocycles. The van der Waals surface area contributed by atoms with Crippen LogP contribution in [0.4, 0.5) is 22.7 Å². The van der Waals surface area contributed by atoms with Gasteiger partial charge in [-0.25, -0.2) is 19.4 Å². The molecular weight excluding hydrogens is 883 g/mol. The molecule has 9 heteroatoms. The predicted octanol–water partition coefficient (Wildman–Crippen LogP) is 17.0. The van der Waals surface area contributed by atoms with Crippen molar-refractivity contribution in [3.05, 3.63) is 237 Å². The maximum absolute atomic E-state index is 10.3. The lowest BCUT2D eigenvalue weighted by molar-refractivity contribution is 1.16. The van der Waals surface area contributed by atoms with Crippen molar-refractivity contribution in [1.82, 2.24) is 9.13 Å². The van der Waals surface area contributed by atoms with E-state index in [1.807, 2.05) is 78.9 Å². The van der Waals surface area contributed by atoms with Crippen molar-refractivity contribution in [2.24, 2.45) is 0 Å². The van der Waals surface area contributed by atoms with Crippen LogP contribution in [0.1, 0.15) is 27.8 Å². The van der Waals surface area contributed by atoms with Gasteiger partial charge in [0.25, 0.3) is 0 Å². The molecule has 0 aliphatic carbocycles. The lowest BCUT2D eigenvalue weighted by Gasteiger charge is -2.21. The first kappa shape index (κ1) is 43.6. The highest BCUT2D eigenvalue weighted by Crippen LogP contribution is 2.48. The lowest BCUT2D eigenvalue weighted by atomic mass is 9.92. The third kappa shape index (κ3) is 6.79. The fraction of sp³-hybridized carbons (Fsp3) is 0.0317. The van der Waals surface area contributed by atoms with Crippen molar-refractivity contribution in [3.63, 3.8) is 0 Å². The van der Waals surface area contributed by atoms with E-state index in [1.165, 1.54) is 24.3 Å². The normalized spacial score (nSPS) is 10.8. The first-order valence-corrected chi connectivity index (χ1v) is 22.7. The summed E-state index contributed by atoms with van der Waals surface area (Å²) < 4.78 is 4.41. The number of hydrogen-bond acceptors (Lipinski definition) is 3. The van der Waals surface area contributed by atoms with Gasteiger partial charge in [-0.1, -0.05) is 96.6 Å². The standard InChI is InChI=1S/C63H33N9/c1-37-18-22-46(38(2)26-37)40-19-23-59(71-55-15-9-7-12-47(55)49-31-41(20-24-57(49)71)61-43(35-65)27-39(34-64)28-53(61)69-5)51(30-40)63-52(68-4)14-11-17-60(63)72-56-16-10-8-13-48(56)50-32-42(21-25-58(50)72)62-44(36-66)29-45(67-3)33-54(62)70-6/h7-33H,1-2H3. The van der Waals surface area contributed by atoms with Gasteiger partial charge in [-0.3, -0.25) is 0 Å². The number of fused-ring (bicyclic) bond motifs is 6. The molecule has 0 saturated carbocycles. The Hall–Kier alpha value is -11.0. The van der Waals surface area contributed by atoms with E-state index in [4.69, 9.17) is 26.3 Å². The topological polar surface area (TPSA) is 98.7 Å². The highest BCUT2D eigenvalue weighted by Gasteiger charge is 2.25. The van der Waals surface area contributed by atoms with Gasteiger partial charge in [0.1, 0.15) is 0 Å². The quantitative estimate of drug-likeness (QED) is 0.155. The Kier molecular flexibility index (Phi) is 10.4. The van der Waals surface area contributed by atoms with Gasteiger partial charge in [0.05, 0.1) is 77.8 Å². The van der Waals surface area contributed by atoms with Crippen LogP contribution in [0.3, 0.4) is 0 Å². The molecule has 9 aromatic carbocycles. The van der Waals surface area contributed by atoms with E-state index in [1.54, 1.807) is 0 Å². The number of nitriles is 3. The Morgan fingerprint density at radius 2 is 0.972 bits per heavy atom. The van der Waals surface area contributed by atoms with E-state index in [9.17, 15) is 15.8 Å². The van der Waals surface area contributed by atoms with Crippen molar-refractivity contribution >= 4 is 66.4 Å². The smallest absolute Gasteiger partial charge is 0.197 e. The minimum absolute atomic E-state index is 0.220. The van der Waals surface area contributed by atoms with Gasteiger partial charge in [0.2, 0.25) is 0 Å². The molecule has 0 fully saturated rings. The molecule has 330 valence electrons. The molecular formula is C63H33N9. The van der Waals surface area contributed by atoms with Gasteiger partial charge in [-0.05, 0) is 120 Å². The van der Waals surface area contributed by atoms with Crippen molar-refractivity contribution in [2.75, 3.05) is 0 Å². The third-order valence-electron chi connectivity index (χ3n) is 13.5. The van der Waals surface area contributed by atoms with E-state index in [-0.39, 0.29) is 33.8 Å². The molecule has 9 nitrogen and oxygen atoms in total. The van der Waals surface area contributed by atoms with Gasteiger partial charge in [-0.2, -0.15) is 15.8 Å². The summed E-state index contributed by atoms with van der Waals surface area (Å²) in [6.07, 6.45) is 0. The van der Waals surface area contributed by atoms with Crippen LogP contribution in [0.5, 0.6) is 0 Å². The second-order valence-corrected chi connectivity index (χ2v) is 17.5. The molecule has 0 atom stereocenters. The summed E-state index contributed by atoms with van der Waals surface area (Å²) in [5.74, 6) is 0. The molecule has 0 aliphatic heterocycles. The zero-order valence-electron chi connectivity index (χ0n) is 38.6. The largest absolute Gasteiger partial charge is 0.310 e. The highest BCUT2D eigenvalue weighted by molar-refractivity contribution is 6.14. The van der Waals surface area contributed by atoms with E-state index in [0.29, 0.717) is 33.5 Å². The number of para-hydroxylation sites is 2. The summed E-state index contributed by atoms with van der Waals surface area (Å²) in [7, 11) is 0. The minimum Gasteiger partial charge on any atom is -0.310 e. The van der Waals surface area contributed by atoms with Crippen LogP contribution < -0.4 is 0 Å². The lowest BCUT2D eigenvalue weighted by Crippen LogP contribution is -2.02. The van der Waals surface area contributed by atoms with Crippen LogP contribution in [0.2, 0.25) is 0 Å². The summed E-state index contributed by atoms with van der Waals surface area (Å²) >= 11 is 0. The molecule has 72 heavy (non-hydrogen) atoms. The average Bonchev–Trinajstić information content (AvgIpc) is 3.93. The maximum atomic E-state index is 10.3. The predicted molar refractivity (Wildman–Crippen MR) is 286 cm³/mol. The van der Waals surface area contributed by atoms with Crippen LogP contribution in [-0.2, 0) is 0 Å². The summed E-state index contributed by atoms with van der Waals surface area (Å²) in [6, 6.07) is 59.4. The fourth-order valence-electron chi connectivity index (χ4n) is 10.4. The Morgan fingerprint density at radius 1 is 0.403 bits per heavy atom. The Balaban J connectivity index is 1.22. The number of aromatic nitrogens is 2. The third-order valence-corrected chi connectivity index (χ3v) is 13.5. The van der Waals surface area contributed by atoms with E-state index < -0.39 is 0 Å². The summed E-state index contributed by atoms with van der Waals surface area (Å²) in [5.41, 5.74) is 15.0.